The van der Waals surface area contributed by atoms with E-state index in [4.69, 9.17) is 22.1 Å². The molecule has 0 bridgehead atoms. The molecule has 0 aromatic heterocycles. The minimum Gasteiger partial charge on any atom is -0.445 e. The zero-order chi connectivity index (χ0) is 18.4. The molecule has 2 rings (SSSR count). The average Bonchev–Trinajstić information content (AvgIpc) is 2.52. The van der Waals surface area contributed by atoms with Gasteiger partial charge < -0.3 is 15.4 Å². The predicted octanol–water partition coefficient (Wildman–Crippen LogP) is 4.90. The Hall–Kier alpha value is -2.20. The molecule has 2 N–H and O–H groups in total. The van der Waals surface area contributed by atoms with Gasteiger partial charge in [-0.05, 0) is 62.6 Å². The first kappa shape index (κ1) is 19.1. The van der Waals surface area contributed by atoms with Crippen molar-refractivity contribution < 1.29 is 9.53 Å². The van der Waals surface area contributed by atoms with Crippen LogP contribution < -0.4 is 5.73 Å². The fourth-order valence-electron chi connectivity index (χ4n) is 2.54. The van der Waals surface area contributed by atoms with Gasteiger partial charge in [0.05, 0.1) is 0 Å². The third-order valence-electron chi connectivity index (χ3n) is 3.86. The molecule has 2 aromatic rings. The Balaban J connectivity index is 2.00. The smallest absolute Gasteiger partial charge is 0.410 e. The van der Waals surface area contributed by atoms with Gasteiger partial charge in [0.15, 0.2) is 0 Å². The summed E-state index contributed by atoms with van der Waals surface area (Å²) in [7, 11) is 0. The number of nitrogens with zero attached hydrogens (tertiary/aromatic N) is 1. The Kier molecular flexibility index (Phi) is 6.32. The Bertz CT molecular complexity index is 726. The highest BCUT2D eigenvalue weighted by Gasteiger charge is 2.27. The van der Waals surface area contributed by atoms with Gasteiger partial charge in [-0.25, -0.2) is 4.79 Å². The molecule has 0 saturated heterocycles. The lowest BCUT2D eigenvalue weighted by Crippen LogP contribution is -2.46. The van der Waals surface area contributed by atoms with Crippen LogP contribution in [0.1, 0.15) is 31.9 Å². The number of anilines is 1. The summed E-state index contributed by atoms with van der Waals surface area (Å²) in [6.07, 6.45) is 0.377. The van der Waals surface area contributed by atoms with Gasteiger partial charge in [0.2, 0.25) is 0 Å². The van der Waals surface area contributed by atoms with Crippen molar-refractivity contribution in [1.29, 1.82) is 0 Å². The van der Waals surface area contributed by atoms with Crippen molar-refractivity contribution in [2.45, 2.75) is 39.3 Å². The van der Waals surface area contributed by atoms with Crippen molar-refractivity contribution in [3.8, 4) is 0 Å². The van der Waals surface area contributed by atoms with Gasteiger partial charge in [-0.2, -0.15) is 0 Å². The highest BCUT2D eigenvalue weighted by molar-refractivity contribution is 6.30. The highest BCUT2D eigenvalue weighted by atomic mass is 35.5. The molecule has 0 fully saturated rings. The van der Waals surface area contributed by atoms with Gasteiger partial charge in [0, 0.05) is 22.8 Å². The molecule has 1 amide bonds. The first-order chi connectivity index (χ1) is 11.8. The van der Waals surface area contributed by atoms with E-state index >= 15 is 0 Å². The number of ether oxygens (including phenoxy) is 1. The topological polar surface area (TPSA) is 55.6 Å². The number of benzene rings is 2. The molecule has 0 atom stereocenters. The summed E-state index contributed by atoms with van der Waals surface area (Å²) in [5, 5.41) is 0.698. The normalized spacial score (nSPS) is 11.2. The molecule has 0 aliphatic carbocycles. The number of nitrogen functional groups attached to an aromatic ring is 1. The molecule has 4 nitrogen and oxygen atoms in total. The minimum atomic E-state index is -0.342. The van der Waals surface area contributed by atoms with E-state index in [0.29, 0.717) is 23.7 Å². The van der Waals surface area contributed by atoms with Crippen LogP contribution in [0.4, 0.5) is 10.5 Å². The number of halogens is 1. The van der Waals surface area contributed by atoms with E-state index in [2.05, 4.69) is 0 Å². The van der Waals surface area contributed by atoms with E-state index in [0.717, 1.165) is 11.1 Å². The summed E-state index contributed by atoms with van der Waals surface area (Å²) in [4.78, 5) is 14.3. The maximum atomic E-state index is 12.6. The number of amides is 1. The standard InChI is InChI=1S/C20H25ClN2O2/c1-20(2,3)23(11-10-15-6-4-8-17(21)12-15)19(24)25-14-16-7-5-9-18(22)13-16/h4-9,12-13H,10-11,14,22H2,1-3H3. The quantitative estimate of drug-likeness (QED) is 0.771. The van der Waals surface area contributed by atoms with E-state index in [1.54, 1.807) is 17.0 Å². The van der Waals surface area contributed by atoms with Gasteiger partial charge >= 0.3 is 6.09 Å². The maximum absolute atomic E-state index is 12.6. The molecule has 134 valence electrons. The summed E-state index contributed by atoms with van der Waals surface area (Å²) < 4.78 is 5.49. The van der Waals surface area contributed by atoms with Crippen LogP contribution in [0.3, 0.4) is 0 Å². The Morgan fingerprint density at radius 3 is 2.44 bits per heavy atom. The molecule has 0 saturated carbocycles. The van der Waals surface area contributed by atoms with E-state index in [9.17, 15) is 4.79 Å². The van der Waals surface area contributed by atoms with Crippen LogP contribution in [-0.4, -0.2) is 23.1 Å². The lowest BCUT2D eigenvalue weighted by Gasteiger charge is -2.34. The summed E-state index contributed by atoms with van der Waals surface area (Å²) in [5.41, 5.74) is 8.03. The van der Waals surface area contributed by atoms with Crippen LogP contribution >= 0.6 is 11.6 Å². The highest BCUT2D eigenvalue weighted by Crippen LogP contribution is 2.18. The maximum Gasteiger partial charge on any atom is 0.410 e. The minimum absolute atomic E-state index is 0.202. The molecule has 0 spiro atoms. The number of carbonyl (C=O) groups is 1. The third kappa shape index (κ3) is 5.98. The summed E-state index contributed by atoms with van der Waals surface area (Å²) in [5.74, 6) is 0. The molecule has 0 aliphatic heterocycles. The zero-order valence-electron chi connectivity index (χ0n) is 15.0. The number of carbonyl (C=O) groups excluding carboxylic acids is 1. The van der Waals surface area contributed by atoms with Gasteiger partial charge in [0.25, 0.3) is 0 Å². The lowest BCUT2D eigenvalue weighted by atomic mass is 10.1. The van der Waals surface area contributed by atoms with Crippen molar-refractivity contribution in [3.63, 3.8) is 0 Å². The van der Waals surface area contributed by atoms with Gasteiger partial charge in [-0.3, -0.25) is 0 Å². The van der Waals surface area contributed by atoms with Crippen LogP contribution in [0.2, 0.25) is 5.02 Å². The fraction of sp³-hybridized carbons (Fsp3) is 0.350. The van der Waals surface area contributed by atoms with E-state index in [-0.39, 0.29) is 18.2 Å². The molecule has 0 heterocycles. The largest absolute Gasteiger partial charge is 0.445 e. The molecule has 0 aliphatic rings. The molecular formula is C20H25ClN2O2. The lowest BCUT2D eigenvalue weighted by molar-refractivity contribution is 0.0634. The van der Waals surface area contributed by atoms with E-state index in [1.807, 2.05) is 57.2 Å². The second-order valence-electron chi connectivity index (χ2n) is 7.00. The first-order valence-corrected chi connectivity index (χ1v) is 8.67. The van der Waals surface area contributed by atoms with Crippen LogP contribution in [0, 0.1) is 0 Å². The monoisotopic (exact) mass is 360 g/mol. The van der Waals surface area contributed by atoms with Crippen molar-refractivity contribution in [2.24, 2.45) is 0 Å². The number of nitrogens with two attached hydrogens (primary N) is 1. The Morgan fingerprint density at radius 2 is 1.80 bits per heavy atom. The van der Waals surface area contributed by atoms with Crippen LogP contribution in [0.15, 0.2) is 48.5 Å². The summed E-state index contributed by atoms with van der Waals surface area (Å²) >= 11 is 6.03. The number of hydrogen-bond acceptors (Lipinski definition) is 3. The second kappa shape index (κ2) is 8.26. The third-order valence-corrected chi connectivity index (χ3v) is 4.09. The van der Waals surface area contributed by atoms with Crippen molar-refractivity contribution >= 4 is 23.4 Å². The zero-order valence-corrected chi connectivity index (χ0v) is 15.7. The Labute approximate surface area is 154 Å². The molecule has 25 heavy (non-hydrogen) atoms. The van der Waals surface area contributed by atoms with E-state index in [1.165, 1.54) is 0 Å². The summed E-state index contributed by atoms with van der Waals surface area (Å²) in [6.45, 7) is 6.74. The molecule has 2 aromatic carbocycles. The average molecular weight is 361 g/mol. The molecular weight excluding hydrogens is 336 g/mol. The Morgan fingerprint density at radius 1 is 1.12 bits per heavy atom. The van der Waals surface area contributed by atoms with Gasteiger partial charge in [0.1, 0.15) is 6.61 Å². The van der Waals surface area contributed by atoms with Crippen molar-refractivity contribution in [2.75, 3.05) is 12.3 Å². The van der Waals surface area contributed by atoms with Gasteiger partial charge in [-0.15, -0.1) is 0 Å². The van der Waals surface area contributed by atoms with Crippen LogP contribution in [0.5, 0.6) is 0 Å². The van der Waals surface area contributed by atoms with Crippen LogP contribution in [0.25, 0.3) is 0 Å². The van der Waals surface area contributed by atoms with Crippen LogP contribution in [-0.2, 0) is 17.8 Å². The SMILES string of the molecule is CC(C)(C)N(CCc1cccc(Cl)c1)C(=O)OCc1cccc(N)c1. The van der Waals surface area contributed by atoms with Crippen molar-refractivity contribution in [3.05, 3.63) is 64.7 Å². The predicted molar refractivity (Wildman–Crippen MR) is 103 cm³/mol. The van der Waals surface area contributed by atoms with Gasteiger partial charge in [-0.1, -0.05) is 35.9 Å². The fourth-order valence-corrected chi connectivity index (χ4v) is 2.75. The first-order valence-electron chi connectivity index (χ1n) is 8.29. The molecule has 0 unspecified atom stereocenters. The summed E-state index contributed by atoms with van der Waals surface area (Å²) in [6, 6.07) is 15.0. The van der Waals surface area contributed by atoms with Crippen molar-refractivity contribution in [1.82, 2.24) is 4.90 Å². The van der Waals surface area contributed by atoms with E-state index < -0.39 is 0 Å². The number of rotatable bonds is 5. The molecule has 0 radical (unpaired) electrons. The molecule has 5 heteroatoms. The second-order valence-corrected chi connectivity index (χ2v) is 7.44. The number of hydrogen-bond donors (Lipinski definition) is 1.